The molecule has 22 heavy (non-hydrogen) atoms. The fourth-order valence-electron chi connectivity index (χ4n) is 2.06. The molecule has 3 nitrogen and oxygen atoms in total. The Morgan fingerprint density at radius 3 is 1.50 bits per heavy atom. The van der Waals surface area contributed by atoms with Crippen molar-refractivity contribution < 1.29 is 9.31 Å². The standard InChI is InChI=1S/C18H16BNO2/c20-16-13-11-15(12-14-16)19(21-17-7-3-1-4-8-17)22-18-9-5-2-6-10-18/h1-14H,20H2. The van der Waals surface area contributed by atoms with E-state index in [-0.39, 0.29) is 0 Å². The lowest BCUT2D eigenvalue weighted by Crippen LogP contribution is -2.42. The normalized spacial score (nSPS) is 10.0. The Bertz CT molecular complexity index is 661. The Kier molecular flexibility index (Phi) is 4.30. The average Bonchev–Trinajstić information content (AvgIpc) is 2.57. The van der Waals surface area contributed by atoms with E-state index in [2.05, 4.69) is 0 Å². The Labute approximate surface area is 130 Å². The van der Waals surface area contributed by atoms with Gasteiger partial charge in [0.1, 0.15) is 11.5 Å². The molecule has 3 aromatic carbocycles. The second-order valence-corrected chi connectivity index (χ2v) is 4.86. The summed E-state index contributed by atoms with van der Waals surface area (Å²) in [5, 5.41) is 0. The minimum Gasteiger partial charge on any atom is -0.522 e. The maximum absolute atomic E-state index is 5.98. The van der Waals surface area contributed by atoms with Gasteiger partial charge < -0.3 is 15.0 Å². The molecule has 0 aromatic heterocycles. The third-order valence-corrected chi connectivity index (χ3v) is 3.18. The van der Waals surface area contributed by atoms with E-state index in [9.17, 15) is 0 Å². The molecule has 0 atom stereocenters. The van der Waals surface area contributed by atoms with Crippen LogP contribution in [0.25, 0.3) is 0 Å². The summed E-state index contributed by atoms with van der Waals surface area (Å²) in [6.07, 6.45) is 0. The quantitative estimate of drug-likeness (QED) is 0.579. The van der Waals surface area contributed by atoms with Crippen LogP contribution >= 0.6 is 0 Å². The van der Waals surface area contributed by atoms with E-state index in [0.29, 0.717) is 5.69 Å². The fraction of sp³-hybridized carbons (Fsp3) is 0. The van der Waals surface area contributed by atoms with E-state index in [1.807, 2.05) is 84.9 Å². The molecule has 0 radical (unpaired) electrons. The van der Waals surface area contributed by atoms with Crippen LogP contribution in [0.2, 0.25) is 0 Å². The summed E-state index contributed by atoms with van der Waals surface area (Å²) in [6.45, 7) is 0. The Hall–Kier alpha value is -2.88. The highest BCUT2D eigenvalue weighted by atomic mass is 16.6. The van der Waals surface area contributed by atoms with Crippen LogP contribution in [0.4, 0.5) is 5.69 Å². The first-order valence-corrected chi connectivity index (χ1v) is 7.10. The molecule has 0 aliphatic heterocycles. The number of nitrogens with two attached hydrogens (primary N) is 1. The molecule has 0 unspecified atom stereocenters. The number of hydrogen-bond acceptors (Lipinski definition) is 3. The van der Waals surface area contributed by atoms with Crippen LogP contribution in [0.1, 0.15) is 0 Å². The lowest BCUT2D eigenvalue weighted by molar-refractivity contribution is 0.439. The summed E-state index contributed by atoms with van der Waals surface area (Å²) in [5.41, 5.74) is 7.36. The van der Waals surface area contributed by atoms with E-state index in [4.69, 9.17) is 15.0 Å². The van der Waals surface area contributed by atoms with Gasteiger partial charge in [-0.25, -0.2) is 0 Å². The van der Waals surface area contributed by atoms with Crippen molar-refractivity contribution >= 4 is 18.3 Å². The van der Waals surface area contributed by atoms with Crippen LogP contribution in [-0.4, -0.2) is 7.12 Å². The Morgan fingerprint density at radius 2 is 1.05 bits per heavy atom. The summed E-state index contributed by atoms with van der Waals surface area (Å²) in [5.74, 6) is 1.50. The Balaban J connectivity index is 1.86. The summed E-state index contributed by atoms with van der Waals surface area (Å²) >= 11 is 0. The van der Waals surface area contributed by atoms with E-state index in [1.165, 1.54) is 0 Å². The zero-order chi connectivity index (χ0) is 15.2. The highest BCUT2D eigenvalue weighted by molar-refractivity contribution is 6.62. The molecule has 0 spiro atoms. The van der Waals surface area contributed by atoms with Gasteiger partial charge in [-0.15, -0.1) is 0 Å². The van der Waals surface area contributed by atoms with Gasteiger partial charge >= 0.3 is 7.12 Å². The molecule has 0 saturated heterocycles. The number of benzene rings is 3. The second-order valence-electron chi connectivity index (χ2n) is 4.86. The van der Waals surface area contributed by atoms with Crippen molar-refractivity contribution in [3.8, 4) is 11.5 Å². The topological polar surface area (TPSA) is 44.5 Å². The average molecular weight is 289 g/mol. The predicted octanol–water partition coefficient (Wildman–Crippen LogP) is 3.12. The summed E-state index contributed by atoms with van der Waals surface area (Å²) < 4.78 is 12.0. The first-order valence-electron chi connectivity index (χ1n) is 7.10. The molecule has 0 aliphatic carbocycles. The van der Waals surface area contributed by atoms with Crippen LogP contribution < -0.4 is 20.5 Å². The lowest BCUT2D eigenvalue weighted by atomic mass is 9.78. The van der Waals surface area contributed by atoms with Gasteiger partial charge in [-0.2, -0.15) is 0 Å². The van der Waals surface area contributed by atoms with E-state index in [0.717, 1.165) is 17.0 Å². The minimum atomic E-state index is -0.537. The number of anilines is 1. The van der Waals surface area contributed by atoms with Gasteiger partial charge in [0.05, 0.1) is 0 Å². The van der Waals surface area contributed by atoms with Crippen molar-refractivity contribution in [2.45, 2.75) is 0 Å². The van der Waals surface area contributed by atoms with Gasteiger partial charge in [0.25, 0.3) is 0 Å². The maximum Gasteiger partial charge on any atom is 0.632 e. The zero-order valence-corrected chi connectivity index (χ0v) is 12.1. The minimum absolute atomic E-state index is 0.537. The first kappa shape index (κ1) is 14.1. The largest absolute Gasteiger partial charge is 0.632 e. The Morgan fingerprint density at radius 1 is 0.591 bits per heavy atom. The number of nitrogen functional groups attached to an aromatic ring is 1. The predicted molar refractivity (Wildman–Crippen MR) is 90.4 cm³/mol. The molecule has 0 amide bonds. The lowest BCUT2D eigenvalue weighted by Gasteiger charge is -2.17. The molecule has 2 N–H and O–H groups in total. The molecule has 108 valence electrons. The van der Waals surface area contributed by atoms with Gasteiger partial charge in [-0.3, -0.25) is 0 Å². The molecular formula is C18H16BNO2. The van der Waals surface area contributed by atoms with Gasteiger partial charge in [0.15, 0.2) is 0 Å². The van der Waals surface area contributed by atoms with Crippen LogP contribution in [0.15, 0.2) is 84.9 Å². The van der Waals surface area contributed by atoms with Crippen LogP contribution in [0.5, 0.6) is 11.5 Å². The second kappa shape index (κ2) is 6.72. The van der Waals surface area contributed by atoms with Crippen LogP contribution in [-0.2, 0) is 0 Å². The van der Waals surface area contributed by atoms with Crippen LogP contribution in [0.3, 0.4) is 0 Å². The van der Waals surface area contributed by atoms with Crippen molar-refractivity contribution in [3.63, 3.8) is 0 Å². The van der Waals surface area contributed by atoms with Gasteiger partial charge in [0, 0.05) is 11.2 Å². The summed E-state index contributed by atoms with van der Waals surface area (Å²) in [6, 6.07) is 26.7. The van der Waals surface area contributed by atoms with Crippen molar-refractivity contribution in [2.75, 3.05) is 5.73 Å². The smallest absolute Gasteiger partial charge is 0.522 e. The molecule has 0 aliphatic rings. The third-order valence-electron chi connectivity index (χ3n) is 3.18. The van der Waals surface area contributed by atoms with Gasteiger partial charge in [0.2, 0.25) is 0 Å². The monoisotopic (exact) mass is 289 g/mol. The van der Waals surface area contributed by atoms with Gasteiger partial charge in [-0.1, -0.05) is 48.5 Å². The molecule has 3 aromatic rings. The molecular weight excluding hydrogens is 273 g/mol. The summed E-state index contributed by atoms with van der Waals surface area (Å²) in [4.78, 5) is 0. The number of hydrogen-bond donors (Lipinski definition) is 1. The molecule has 3 rings (SSSR count). The van der Waals surface area contributed by atoms with Crippen molar-refractivity contribution in [2.24, 2.45) is 0 Å². The van der Waals surface area contributed by atoms with Crippen molar-refractivity contribution in [3.05, 3.63) is 84.9 Å². The SMILES string of the molecule is Nc1ccc(B(Oc2ccccc2)Oc2ccccc2)cc1. The van der Waals surface area contributed by atoms with Crippen molar-refractivity contribution in [1.29, 1.82) is 0 Å². The van der Waals surface area contributed by atoms with Crippen molar-refractivity contribution in [1.82, 2.24) is 0 Å². The van der Waals surface area contributed by atoms with E-state index in [1.54, 1.807) is 0 Å². The highest BCUT2D eigenvalue weighted by Gasteiger charge is 2.26. The zero-order valence-electron chi connectivity index (χ0n) is 12.1. The first-order chi connectivity index (χ1) is 10.8. The number of rotatable bonds is 5. The van der Waals surface area contributed by atoms with E-state index < -0.39 is 7.12 Å². The number of para-hydroxylation sites is 2. The maximum atomic E-state index is 5.98. The fourth-order valence-corrected chi connectivity index (χ4v) is 2.06. The highest BCUT2D eigenvalue weighted by Crippen LogP contribution is 2.14. The molecule has 0 heterocycles. The van der Waals surface area contributed by atoms with E-state index >= 15 is 0 Å². The molecule has 0 saturated carbocycles. The third kappa shape index (κ3) is 3.61. The molecule has 0 fully saturated rings. The summed E-state index contributed by atoms with van der Waals surface area (Å²) in [7, 11) is -0.537. The van der Waals surface area contributed by atoms with Crippen LogP contribution in [0, 0.1) is 0 Å². The molecule has 0 bridgehead atoms. The van der Waals surface area contributed by atoms with Gasteiger partial charge in [-0.05, 0) is 36.4 Å². The molecule has 4 heteroatoms.